The summed E-state index contributed by atoms with van der Waals surface area (Å²) in [6.45, 7) is 9.41. The first kappa shape index (κ1) is 14.0. The van der Waals surface area contributed by atoms with E-state index >= 15 is 0 Å². The Hall–Kier alpha value is -2.43. The van der Waals surface area contributed by atoms with Gasteiger partial charge in [-0.2, -0.15) is 9.90 Å². The molecule has 0 atom stereocenters. The summed E-state index contributed by atoms with van der Waals surface area (Å²) in [7, 11) is 0. The van der Waals surface area contributed by atoms with Crippen LogP contribution in [0.4, 0.5) is 0 Å². The number of nitrogens with zero attached hydrogens (tertiary/aromatic N) is 3. The van der Waals surface area contributed by atoms with Gasteiger partial charge in [0.2, 0.25) is 0 Å². The van der Waals surface area contributed by atoms with Crippen LogP contribution in [-0.2, 0) is 4.74 Å². The van der Waals surface area contributed by atoms with Crippen LogP contribution in [0.15, 0.2) is 30.9 Å². The van der Waals surface area contributed by atoms with E-state index in [1.165, 1.54) is 16.4 Å². The van der Waals surface area contributed by atoms with Crippen molar-refractivity contribution in [2.75, 3.05) is 6.61 Å². The first-order chi connectivity index (χ1) is 9.52. The first-order valence-corrected chi connectivity index (χ1v) is 6.32. The van der Waals surface area contributed by atoms with Crippen molar-refractivity contribution in [1.29, 1.82) is 0 Å². The van der Waals surface area contributed by atoms with Gasteiger partial charge in [0.25, 0.3) is 0 Å². The maximum atomic E-state index is 11.8. The summed E-state index contributed by atoms with van der Waals surface area (Å²) in [4.78, 5) is 13.3. The van der Waals surface area contributed by atoms with E-state index in [9.17, 15) is 4.79 Å². The Morgan fingerprint density at radius 2 is 2.10 bits per heavy atom. The molecule has 0 N–H and O–H groups in total. The fourth-order valence-electron chi connectivity index (χ4n) is 1.91. The molecule has 5 nitrogen and oxygen atoms in total. The van der Waals surface area contributed by atoms with Gasteiger partial charge in [0.15, 0.2) is 5.69 Å². The van der Waals surface area contributed by atoms with Crippen LogP contribution in [0.25, 0.3) is 5.69 Å². The second kappa shape index (κ2) is 5.69. The normalized spacial score (nSPS) is 10.3. The number of aromatic nitrogens is 3. The van der Waals surface area contributed by atoms with Crippen LogP contribution in [0.5, 0.6) is 0 Å². The van der Waals surface area contributed by atoms with Crippen LogP contribution in [0.3, 0.4) is 0 Å². The zero-order chi connectivity index (χ0) is 14.7. The van der Waals surface area contributed by atoms with Crippen molar-refractivity contribution in [3.8, 4) is 5.69 Å². The van der Waals surface area contributed by atoms with Crippen molar-refractivity contribution < 1.29 is 9.53 Å². The van der Waals surface area contributed by atoms with E-state index in [4.69, 9.17) is 4.74 Å². The number of hydrogen-bond acceptors (Lipinski definition) is 4. The standard InChI is InChI=1S/C15H17N3O2/c1-5-8-20-15(19)14-12(4)16-18(17-14)13-7-6-10(2)9-11(13)3/h5-7,9H,1,8H2,2-4H3. The lowest BCUT2D eigenvalue weighted by Gasteiger charge is -2.04. The maximum absolute atomic E-state index is 11.8. The molecule has 1 heterocycles. The average Bonchev–Trinajstić information content (AvgIpc) is 2.78. The fraction of sp³-hybridized carbons (Fsp3) is 0.267. The summed E-state index contributed by atoms with van der Waals surface area (Å²) < 4.78 is 4.98. The highest BCUT2D eigenvalue weighted by Crippen LogP contribution is 2.15. The summed E-state index contributed by atoms with van der Waals surface area (Å²) in [5, 5.41) is 8.50. The third-order valence-corrected chi connectivity index (χ3v) is 2.88. The van der Waals surface area contributed by atoms with E-state index in [0.29, 0.717) is 5.69 Å². The second-order valence-corrected chi connectivity index (χ2v) is 4.60. The number of hydrogen-bond donors (Lipinski definition) is 0. The molecule has 0 bridgehead atoms. The Kier molecular flexibility index (Phi) is 3.98. The van der Waals surface area contributed by atoms with Gasteiger partial charge in [-0.15, -0.1) is 5.10 Å². The number of carbonyl (C=O) groups is 1. The number of ether oxygens (including phenoxy) is 1. The minimum atomic E-state index is -0.488. The Morgan fingerprint density at radius 3 is 2.75 bits per heavy atom. The van der Waals surface area contributed by atoms with Crippen molar-refractivity contribution >= 4 is 5.97 Å². The number of aryl methyl sites for hydroxylation is 3. The van der Waals surface area contributed by atoms with Crippen molar-refractivity contribution in [1.82, 2.24) is 15.0 Å². The van der Waals surface area contributed by atoms with Crippen LogP contribution in [0.1, 0.15) is 27.3 Å². The van der Waals surface area contributed by atoms with E-state index in [2.05, 4.69) is 16.8 Å². The highest BCUT2D eigenvalue weighted by molar-refractivity contribution is 5.88. The lowest BCUT2D eigenvalue weighted by atomic mass is 10.1. The maximum Gasteiger partial charge on any atom is 0.361 e. The summed E-state index contributed by atoms with van der Waals surface area (Å²) in [6.07, 6.45) is 1.52. The van der Waals surface area contributed by atoms with Crippen molar-refractivity contribution in [2.45, 2.75) is 20.8 Å². The Bertz CT molecular complexity index is 659. The van der Waals surface area contributed by atoms with Crippen molar-refractivity contribution in [3.63, 3.8) is 0 Å². The van der Waals surface area contributed by atoms with Gasteiger partial charge in [0.05, 0.1) is 11.4 Å². The molecule has 0 spiro atoms. The molecule has 5 heteroatoms. The minimum absolute atomic E-state index is 0.161. The zero-order valence-electron chi connectivity index (χ0n) is 11.9. The number of rotatable bonds is 4. The molecule has 1 aromatic carbocycles. The smallest absolute Gasteiger partial charge is 0.361 e. The minimum Gasteiger partial charge on any atom is -0.457 e. The summed E-state index contributed by atoms with van der Waals surface area (Å²) in [5.41, 5.74) is 3.83. The quantitative estimate of drug-likeness (QED) is 0.633. The van der Waals surface area contributed by atoms with Gasteiger partial charge in [0, 0.05) is 0 Å². The van der Waals surface area contributed by atoms with Gasteiger partial charge >= 0.3 is 5.97 Å². The Balaban J connectivity index is 2.35. The topological polar surface area (TPSA) is 57.0 Å². The van der Waals surface area contributed by atoms with Crippen LogP contribution in [0.2, 0.25) is 0 Å². The summed E-state index contributed by atoms with van der Waals surface area (Å²) in [6, 6.07) is 5.96. The molecule has 0 saturated carbocycles. The largest absolute Gasteiger partial charge is 0.457 e. The van der Waals surface area contributed by atoms with Crippen molar-refractivity contribution in [2.24, 2.45) is 0 Å². The van der Waals surface area contributed by atoms with E-state index in [1.54, 1.807) is 6.92 Å². The molecule has 104 valence electrons. The Morgan fingerprint density at radius 1 is 1.35 bits per heavy atom. The molecular weight excluding hydrogens is 254 g/mol. The molecule has 0 radical (unpaired) electrons. The lowest BCUT2D eigenvalue weighted by molar-refractivity contribution is 0.0541. The molecule has 0 aliphatic heterocycles. The molecule has 20 heavy (non-hydrogen) atoms. The summed E-state index contributed by atoms with van der Waals surface area (Å²) in [5.74, 6) is -0.488. The molecule has 2 aromatic rings. The third kappa shape index (κ3) is 2.77. The van der Waals surface area contributed by atoms with Crippen LogP contribution < -0.4 is 0 Å². The SMILES string of the molecule is C=CCOC(=O)c1nn(-c2ccc(C)cc2C)nc1C. The molecule has 0 saturated heterocycles. The van der Waals surface area contributed by atoms with Gasteiger partial charge in [0.1, 0.15) is 6.61 Å². The molecule has 0 amide bonds. The highest BCUT2D eigenvalue weighted by atomic mass is 16.5. The molecule has 0 aliphatic rings. The first-order valence-electron chi connectivity index (χ1n) is 6.32. The fourth-order valence-corrected chi connectivity index (χ4v) is 1.91. The van der Waals surface area contributed by atoms with E-state index in [0.717, 1.165) is 11.3 Å². The van der Waals surface area contributed by atoms with E-state index in [1.807, 2.05) is 32.0 Å². The number of carbonyl (C=O) groups excluding carboxylic acids is 1. The predicted molar refractivity (Wildman–Crippen MR) is 76.0 cm³/mol. The van der Waals surface area contributed by atoms with E-state index < -0.39 is 5.97 Å². The molecule has 0 unspecified atom stereocenters. The van der Waals surface area contributed by atoms with Crippen LogP contribution in [0, 0.1) is 20.8 Å². The lowest BCUT2D eigenvalue weighted by Crippen LogP contribution is -2.08. The number of benzene rings is 1. The second-order valence-electron chi connectivity index (χ2n) is 4.60. The molecule has 1 aromatic heterocycles. The average molecular weight is 271 g/mol. The van der Waals surface area contributed by atoms with Gasteiger partial charge in [-0.25, -0.2) is 4.79 Å². The van der Waals surface area contributed by atoms with Gasteiger partial charge in [-0.1, -0.05) is 30.4 Å². The Labute approximate surface area is 117 Å². The zero-order valence-corrected chi connectivity index (χ0v) is 11.9. The molecule has 2 rings (SSSR count). The number of esters is 1. The van der Waals surface area contributed by atoms with E-state index in [-0.39, 0.29) is 12.3 Å². The van der Waals surface area contributed by atoms with Gasteiger partial charge in [-0.05, 0) is 32.4 Å². The van der Waals surface area contributed by atoms with Gasteiger partial charge in [-0.3, -0.25) is 0 Å². The molecule has 0 fully saturated rings. The molecule has 0 aliphatic carbocycles. The third-order valence-electron chi connectivity index (χ3n) is 2.88. The van der Waals surface area contributed by atoms with Crippen LogP contribution in [-0.4, -0.2) is 27.6 Å². The highest BCUT2D eigenvalue weighted by Gasteiger charge is 2.18. The van der Waals surface area contributed by atoms with Crippen LogP contribution >= 0.6 is 0 Å². The summed E-state index contributed by atoms with van der Waals surface area (Å²) >= 11 is 0. The monoisotopic (exact) mass is 271 g/mol. The molecular formula is C15H17N3O2. The van der Waals surface area contributed by atoms with Gasteiger partial charge < -0.3 is 4.74 Å². The van der Waals surface area contributed by atoms with Crippen molar-refractivity contribution in [3.05, 3.63) is 53.4 Å². The predicted octanol–water partition coefficient (Wildman–Crippen LogP) is 2.54.